The Morgan fingerprint density at radius 1 is 1.32 bits per heavy atom. The van der Waals surface area contributed by atoms with Gasteiger partial charge in [-0.1, -0.05) is 0 Å². The number of amides is 3. The number of aliphatic carboxylic acids is 1. The maximum Gasteiger partial charge on any atom is 0.321 e. The normalized spacial score (nSPS) is 28.1. The monoisotopic (exact) mass is 371 g/mol. The number of carbonyl (C=O) groups excluding carboxylic acids is 3. The molecule has 0 bridgehead atoms. The molecule has 1 unspecified atom stereocenters. The number of hydrogen-bond donors (Lipinski definition) is 3. The third-order valence-corrected chi connectivity index (χ3v) is 6.22. The van der Waals surface area contributed by atoms with E-state index in [1.807, 2.05) is 0 Å². The Hall–Kier alpha value is -1.61. The molecule has 140 valence electrons. The highest BCUT2D eigenvalue weighted by Crippen LogP contribution is 2.32. The number of rotatable bonds is 7. The van der Waals surface area contributed by atoms with E-state index < -0.39 is 17.3 Å². The first-order chi connectivity index (χ1) is 11.8. The van der Waals surface area contributed by atoms with Crippen LogP contribution in [0.5, 0.6) is 0 Å². The predicted molar refractivity (Wildman–Crippen MR) is 92.7 cm³/mol. The summed E-state index contributed by atoms with van der Waals surface area (Å²) in [6.07, 6.45) is 3.27. The molecule has 25 heavy (non-hydrogen) atoms. The Labute approximate surface area is 150 Å². The first-order valence-electron chi connectivity index (χ1n) is 8.49. The minimum atomic E-state index is -1.12. The molecule has 1 aliphatic heterocycles. The van der Waals surface area contributed by atoms with Crippen LogP contribution < -0.4 is 11.1 Å². The van der Waals surface area contributed by atoms with E-state index in [4.69, 9.17) is 10.8 Å². The van der Waals surface area contributed by atoms with Crippen molar-refractivity contribution >= 4 is 35.5 Å². The molecule has 0 radical (unpaired) electrons. The highest BCUT2D eigenvalue weighted by Gasteiger charge is 2.40. The van der Waals surface area contributed by atoms with Crippen molar-refractivity contribution in [3.05, 3.63) is 0 Å². The summed E-state index contributed by atoms with van der Waals surface area (Å²) < 4.78 is 0. The molecule has 8 nitrogen and oxygen atoms in total. The van der Waals surface area contributed by atoms with Gasteiger partial charge in [-0.05, 0) is 31.6 Å². The molecular formula is C16H25N3O5S. The molecule has 4 N–H and O–H groups in total. The zero-order chi connectivity index (χ0) is 18.6. The number of carboxylic acid groups (broad SMARTS) is 1. The lowest BCUT2D eigenvalue weighted by molar-refractivity contribution is -0.140. The zero-order valence-electron chi connectivity index (χ0n) is 14.3. The predicted octanol–water partition coefficient (Wildman–Crippen LogP) is -0.189. The van der Waals surface area contributed by atoms with Gasteiger partial charge in [0, 0.05) is 31.7 Å². The van der Waals surface area contributed by atoms with Crippen LogP contribution in [-0.2, 0) is 19.2 Å². The van der Waals surface area contributed by atoms with Crippen molar-refractivity contribution in [2.75, 3.05) is 19.3 Å². The smallest absolute Gasteiger partial charge is 0.321 e. The second-order valence-corrected chi connectivity index (χ2v) is 7.88. The van der Waals surface area contributed by atoms with Crippen LogP contribution in [0.3, 0.4) is 0 Å². The number of hydrogen-bond acceptors (Lipinski definition) is 6. The fourth-order valence-corrected chi connectivity index (χ4v) is 4.45. The highest BCUT2D eigenvalue weighted by atomic mass is 32.2. The van der Waals surface area contributed by atoms with E-state index in [9.17, 15) is 19.2 Å². The van der Waals surface area contributed by atoms with Gasteiger partial charge in [0.25, 0.3) is 0 Å². The van der Waals surface area contributed by atoms with Crippen molar-refractivity contribution in [1.29, 1.82) is 0 Å². The second-order valence-electron chi connectivity index (χ2n) is 6.65. The van der Waals surface area contributed by atoms with E-state index in [0.29, 0.717) is 6.54 Å². The molecular weight excluding hydrogens is 346 g/mol. The number of imide groups is 1. The average molecular weight is 371 g/mol. The molecule has 0 aromatic heterocycles. The lowest BCUT2D eigenvalue weighted by Crippen LogP contribution is -2.39. The van der Waals surface area contributed by atoms with Crippen LogP contribution in [0, 0.1) is 11.8 Å². The van der Waals surface area contributed by atoms with Crippen molar-refractivity contribution in [2.45, 2.75) is 43.4 Å². The molecule has 3 amide bonds. The fraction of sp³-hybridized carbons (Fsp3) is 0.750. The number of nitrogens with zero attached hydrogens (tertiary/aromatic N) is 1. The van der Waals surface area contributed by atoms with Crippen molar-refractivity contribution in [3.8, 4) is 0 Å². The first kappa shape index (κ1) is 19.7. The summed E-state index contributed by atoms with van der Waals surface area (Å²) >= 11 is 1.13. The summed E-state index contributed by atoms with van der Waals surface area (Å²) in [5.74, 6) is -1.18. The van der Waals surface area contributed by atoms with Crippen molar-refractivity contribution in [3.63, 3.8) is 0 Å². The van der Waals surface area contributed by atoms with Crippen LogP contribution in [0.2, 0.25) is 0 Å². The Bertz CT molecular complexity index is 548. The number of nitrogens with two attached hydrogens (primary N) is 1. The third-order valence-electron chi connectivity index (χ3n) is 4.90. The van der Waals surface area contributed by atoms with Gasteiger partial charge < -0.3 is 16.2 Å². The van der Waals surface area contributed by atoms with Gasteiger partial charge in [-0.2, -0.15) is 0 Å². The van der Waals surface area contributed by atoms with Crippen LogP contribution in [0.4, 0.5) is 0 Å². The molecule has 0 aromatic rings. The van der Waals surface area contributed by atoms with Crippen LogP contribution in [0.15, 0.2) is 0 Å². The van der Waals surface area contributed by atoms with E-state index in [0.717, 1.165) is 37.4 Å². The summed E-state index contributed by atoms with van der Waals surface area (Å²) in [7, 11) is 1.63. The van der Waals surface area contributed by atoms with E-state index in [2.05, 4.69) is 5.32 Å². The first-order valence-corrected chi connectivity index (χ1v) is 9.54. The number of thioether (sulfide) groups is 1. The minimum Gasteiger partial charge on any atom is -0.480 e. The summed E-state index contributed by atoms with van der Waals surface area (Å²) in [6, 6.07) is -1.04. The van der Waals surface area contributed by atoms with Crippen LogP contribution in [0.25, 0.3) is 0 Å². The Morgan fingerprint density at radius 3 is 2.52 bits per heavy atom. The summed E-state index contributed by atoms with van der Waals surface area (Å²) in [6.45, 7) is 0.389. The number of carboxylic acids is 1. The van der Waals surface area contributed by atoms with E-state index >= 15 is 0 Å². The molecule has 2 atom stereocenters. The summed E-state index contributed by atoms with van der Waals surface area (Å²) in [4.78, 5) is 48.3. The Morgan fingerprint density at radius 2 is 1.96 bits per heavy atom. The molecule has 2 fully saturated rings. The van der Waals surface area contributed by atoms with Gasteiger partial charge in [-0.25, -0.2) is 0 Å². The van der Waals surface area contributed by atoms with Gasteiger partial charge in [0.1, 0.15) is 6.04 Å². The Balaban J connectivity index is 1.83. The largest absolute Gasteiger partial charge is 0.480 e. The summed E-state index contributed by atoms with van der Waals surface area (Å²) in [5, 5.41) is 10.9. The van der Waals surface area contributed by atoms with Gasteiger partial charge in [0.05, 0.1) is 5.25 Å². The molecule has 0 aromatic carbocycles. The molecule has 2 rings (SSSR count). The number of carbonyl (C=O) groups is 4. The molecule has 1 heterocycles. The van der Waals surface area contributed by atoms with Gasteiger partial charge in [0.2, 0.25) is 17.7 Å². The molecule has 2 aliphatic rings. The SMILES string of the molecule is CNC(=O)C1CCC(CN2C(=O)CC(SC[C@H](N)C(=O)O)C2=O)CC1. The number of nitrogens with one attached hydrogen (secondary N) is 1. The van der Waals surface area contributed by atoms with Crippen LogP contribution in [0.1, 0.15) is 32.1 Å². The van der Waals surface area contributed by atoms with Gasteiger partial charge in [-0.15, -0.1) is 11.8 Å². The van der Waals surface area contributed by atoms with Crippen molar-refractivity contribution < 1.29 is 24.3 Å². The lowest BCUT2D eigenvalue weighted by atomic mass is 9.81. The van der Waals surface area contributed by atoms with Crippen LogP contribution >= 0.6 is 11.8 Å². The molecule has 1 saturated heterocycles. The third kappa shape index (κ3) is 4.94. The quantitative estimate of drug-likeness (QED) is 0.529. The van der Waals surface area contributed by atoms with Crippen molar-refractivity contribution in [1.82, 2.24) is 10.2 Å². The summed E-state index contributed by atoms with van der Waals surface area (Å²) in [5.41, 5.74) is 5.44. The maximum atomic E-state index is 12.4. The average Bonchev–Trinajstić information content (AvgIpc) is 2.87. The minimum absolute atomic E-state index is 0.0204. The molecule has 1 aliphatic carbocycles. The lowest BCUT2D eigenvalue weighted by Gasteiger charge is -2.29. The van der Waals surface area contributed by atoms with E-state index in [1.165, 1.54) is 4.90 Å². The van der Waals surface area contributed by atoms with Crippen molar-refractivity contribution in [2.24, 2.45) is 17.6 Å². The second kappa shape index (κ2) is 8.66. The maximum absolute atomic E-state index is 12.4. The molecule has 9 heteroatoms. The zero-order valence-corrected chi connectivity index (χ0v) is 15.1. The fourth-order valence-electron chi connectivity index (χ4n) is 3.34. The topological polar surface area (TPSA) is 130 Å². The number of likely N-dealkylation sites (tertiary alicyclic amines) is 1. The van der Waals surface area contributed by atoms with E-state index in [1.54, 1.807) is 7.05 Å². The Kier molecular flexibility index (Phi) is 6.83. The van der Waals surface area contributed by atoms with Crippen LogP contribution in [-0.4, -0.2) is 64.3 Å². The molecule has 1 saturated carbocycles. The van der Waals surface area contributed by atoms with Gasteiger partial charge in [-0.3, -0.25) is 24.1 Å². The van der Waals surface area contributed by atoms with Gasteiger partial charge in [0.15, 0.2) is 0 Å². The molecule has 0 spiro atoms. The standard InChI is InChI=1S/C16H25N3O5S/c1-18-14(21)10-4-2-9(3-5-10)7-19-13(20)6-12(15(19)22)25-8-11(17)16(23)24/h9-12H,2-8,17H2,1H3,(H,18,21)(H,23,24)/t9?,10?,11-,12?/m0/s1. The van der Waals surface area contributed by atoms with E-state index in [-0.39, 0.29) is 41.7 Å². The van der Waals surface area contributed by atoms with Gasteiger partial charge >= 0.3 is 5.97 Å². The highest BCUT2D eigenvalue weighted by molar-refractivity contribution is 8.00.